The van der Waals surface area contributed by atoms with E-state index >= 15 is 0 Å². The number of rotatable bonds is 6. The SMILES string of the molecule is CN[C@@H](C)C(=O)N[C@H]1CN(C(=O)c2ccc3cn[nH]c3c2)c2ccccc2N(Cc2c(C)ccc3ccccc23)C1=O. The van der Waals surface area contributed by atoms with Gasteiger partial charge < -0.3 is 20.4 Å². The van der Waals surface area contributed by atoms with Gasteiger partial charge in [0.15, 0.2) is 0 Å². The summed E-state index contributed by atoms with van der Waals surface area (Å²) in [7, 11) is 1.69. The zero-order chi connectivity index (χ0) is 29.4. The first kappa shape index (κ1) is 27.2. The third kappa shape index (κ3) is 4.88. The van der Waals surface area contributed by atoms with Crippen LogP contribution in [0.2, 0.25) is 0 Å². The number of nitrogens with one attached hydrogen (secondary N) is 3. The van der Waals surface area contributed by atoms with Crippen LogP contribution in [0, 0.1) is 6.92 Å². The Morgan fingerprint density at radius 3 is 2.55 bits per heavy atom. The number of aromatic amines is 1. The van der Waals surface area contributed by atoms with Crippen molar-refractivity contribution in [3.05, 3.63) is 102 Å². The largest absolute Gasteiger partial charge is 0.341 e. The molecule has 0 bridgehead atoms. The number of anilines is 2. The molecule has 0 radical (unpaired) electrons. The van der Waals surface area contributed by atoms with Crippen molar-refractivity contribution >= 4 is 50.8 Å². The van der Waals surface area contributed by atoms with Crippen molar-refractivity contribution in [1.29, 1.82) is 0 Å². The predicted octanol–water partition coefficient (Wildman–Crippen LogP) is 4.31. The van der Waals surface area contributed by atoms with Gasteiger partial charge in [-0.05, 0) is 67.1 Å². The van der Waals surface area contributed by atoms with Crippen molar-refractivity contribution in [3.8, 4) is 0 Å². The minimum Gasteiger partial charge on any atom is -0.341 e. The number of nitrogens with zero attached hydrogens (tertiary/aromatic N) is 3. The topological polar surface area (TPSA) is 110 Å². The van der Waals surface area contributed by atoms with Crippen LogP contribution in [0.5, 0.6) is 0 Å². The molecule has 3 amide bonds. The summed E-state index contributed by atoms with van der Waals surface area (Å²) in [5, 5.41) is 15.9. The number of likely N-dealkylation sites (N-methyl/N-ethyl adjacent to an activating group) is 1. The summed E-state index contributed by atoms with van der Waals surface area (Å²) in [5.41, 5.74) is 4.44. The molecule has 42 heavy (non-hydrogen) atoms. The highest BCUT2D eigenvalue weighted by Crippen LogP contribution is 2.36. The molecule has 9 nitrogen and oxygen atoms in total. The number of fused-ring (bicyclic) bond motifs is 3. The molecular weight excluding hydrogens is 528 g/mol. The molecular formula is C33H32N6O3. The molecule has 212 valence electrons. The van der Waals surface area contributed by atoms with E-state index in [2.05, 4.69) is 45.1 Å². The monoisotopic (exact) mass is 560 g/mol. The maximum atomic E-state index is 14.4. The first-order chi connectivity index (χ1) is 20.4. The standard InChI is InChI=1S/C33H32N6O3/c1-20-12-13-22-8-4-5-9-25(22)26(20)18-38-29-10-6-7-11-30(29)39(19-28(33(38)42)36-31(40)21(2)34-3)32(41)23-14-15-24-17-35-37-27(24)16-23/h4-17,21,28,34H,18-19H2,1-3H3,(H,35,37)(H,36,40)/t21-,28-/m0/s1. The number of aryl methyl sites for hydroxylation is 1. The predicted molar refractivity (Wildman–Crippen MR) is 165 cm³/mol. The molecule has 5 aromatic rings. The van der Waals surface area contributed by atoms with Crippen LogP contribution in [0.1, 0.15) is 28.4 Å². The second-order valence-electron chi connectivity index (χ2n) is 10.7. The normalized spacial score (nSPS) is 15.9. The molecule has 0 spiro atoms. The van der Waals surface area contributed by atoms with Crippen molar-refractivity contribution in [2.75, 3.05) is 23.4 Å². The molecule has 4 aromatic carbocycles. The molecule has 9 heteroatoms. The average molecular weight is 561 g/mol. The Morgan fingerprint density at radius 1 is 1.00 bits per heavy atom. The van der Waals surface area contributed by atoms with Crippen molar-refractivity contribution in [2.24, 2.45) is 0 Å². The van der Waals surface area contributed by atoms with Gasteiger partial charge in [0.2, 0.25) is 5.91 Å². The lowest BCUT2D eigenvalue weighted by Gasteiger charge is -2.27. The summed E-state index contributed by atoms with van der Waals surface area (Å²) >= 11 is 0. The fraction of sp³-hybridized carbons (Fsp3) is 0.212. The molecule has 2 heterocycles. The van der Waals surface area contributed by atoms with Gasteiger partial charge in [-0.3, -0.25) is 19.5 Å². The molecule has 0 aliphatic carbocycles. The molecule has 0 fully saturated rings. The van der Waals surface area contributed by atoms with Gasteiger partial charge in [0, 0.05) is 10.9 Å². The van der Waals surface area contributed by atoms with E-state index in [0.29, 0.717) is 16.9 Å². The summed E-state index contributed by atoms with van der Waals surface area (Å²) in [6, 6.07) is 23.5. The molecule has 0 saturated carbocycles. The molecule has 1 aliphatic rings. The van der Waals surface area contributed by atoms with Crippen LogP contribution in [0.25, 0.3) is 21.7 Å². The van der Waals surface area contributed by atoms with E-state index < -0.39 is 12.1 Å². The van der Waals surface area contributed by atoms with Crippen LogP contribution < -0.4 is 20.4 Å². The highest BCUT2D eigenvalue weighted by Gasteiger charge is 2.38. The first-order valence-electron chi connectivity index (χ1n) is 14.0. The van der Waals surface area contributed by atoms with Gasteiger partial charge in [-0.2, -0.15) is 5.10 Å². The van der Waals surface area contributed by atoms with Crippen LogP contribution in [0.15, 0.2) is 85.1 Å². The summed E-state index contributed by atoms with van der Waals surface area (Å²) in [5.74, 6) is -0.893. The Morgan fingerprint density at radius 2 is 1.74 bits per heavy atom. The first-order valence-corrected chi connectivity index (χ1v) is 14.0. The van der Waals surface area contributed by atoms with Crippen molar-refractivity contribution in [2.45, 2.75) is 32.5 Å². The number of amides is 3. The zero-order valence-corrected chi connectivity index (χ0v) is 23.7. The number of carbonyl (C=O) groups is 3. The number of H-pyrrole nitrogens is 1. The molecule has 2 atom stereocenters. The van der Waals surface area contributed by atoms with E-state index in [1.807, 2.05) is 49.4 Å². The van der Waals surface area contributed by atoms with Crippen LogP contribution >= 0.6 is 0 Å². The molecule has 0 unspecified atom stereocenters. The van der Waals surface area contributed by atoms with Crippen LogP contribution in [0.3, 0.4) is 0 Å². The lowest BCUT2D eigenvalue weighted by atomic mass is 9.99. The van der Waals surface area contributed by atoms with Crippen LogP contribution in [-0.4, -0.2) is 53.6 Å². The zero-order valence-electron chi connectivity index (χ0n) is 23.7. The second kappa shape index (κ2) is 11.1. The Labute approximate surface area is 243 Å². The maximum absolute atomic E-state index is 14.4. The third-order valence-corrected chi connectivity index (χ3v) is 8.06. The second-order valence-corrected chi connectivity index (χ2v) is 10.7. The summed E-state index contributed by atoms with van der Waals surface area (Å²) in [4.78, 5) is 44.9. The summed E-state index contributed by atoms with van der Waals surface area (Å²) < 4.78 is 0. The van der Waals surface area contributed by atoms with Crippen LogP contribution in [0.4, 0.5) is 11.4 Å². The molecule has 1 aromatic heterocycles. The van der Waals surface area contributed by atoms with Gasteiger partial charge in [0.05, 0.1) is 42.2 Å². The lowest BCUT2D eigenvalue weighted by molar-refractivity contribution is -0.128. The third-order valence-electron chi connectivity index (χ3n) is 8.06. The fourth-order valence-corrected chi connectivity index (χ4v) is 5.52. The van der Waals surface area contributed by atoms with E-state index in [9.17, 15) is 14.4 Å². The number of benzene rings is 4. The number of hydrogen-bond donors (Lipinski definition) is 3. The Balaban J connectivity index is 1.47. The minimum absolute atomic E-state index is 0.0249. The summed E-state index contributed by atoms with van der Waals surface area (Å²) in [6.45, 7) is 4.01. The number of carbonyl (C=O) groups excluding carboxylic acids is 3. The van der Waals surface area contributed by atoms with Crippen molar-refractivity contribution in [3.63, 3.8) is 0 Å². The van der Waals surface area contributed by atoms with E-state index in [1.165, 1.54) is 0 Å². The highest BCUT2D eigenvalue weighted by molar-refractivity contribution is 6.13. The summed E-state index contributed by atoms with van der Waals surface area (Å²) in [6.07, 6.45) is 1.70. The molecule has 6 rings (SSSR count). The smallest absolute Gasteiger partial charge is 0.258 e. The fourth-order valence-electron chi connectivity index (χ4n) is 5.52. The van der Waals surface area contributed by atoms with E-state index in [4.69, 9.17) is 0 Å². The molecule has 1 aliphatic heterocycles. The molecule has 0 saturated heterocycles. The lowest BCUT2D eigenvalue weighted by Crippen LogP contribution is -2.55. The Kier molecular flexibility index (Phi) is 7.18. The van der Waals surface area contributed by atoms with Gasteiger partial charge in [0.1, 0.15) is 6.04 Å². The maximum Gasteiger partial charge on any atom is 0.258 e. The minimum atomic E-state index is -0.976. The van der Waals surface area contributed by atoms with Gasteiger partial charge >= 0.3 is 0 Å². The van der Waals surface area contributed by atoms with Crippen molar-refractivity contribution in [1.82, 2.24) is 20.8 Å². The molecule has 3 N–H and O–H groups in total. The average Bonchev–Trinajstić information content (AvgIpc) is 3.46. The van der Waals surface area contributed by atoms with Gasteiger partial charge in [0.25, 0.3) is 11.8 Å². The number of para-hydroxylation sites is 2. The number of hydrogen-bond acceptors (Lipinski definition) is 5. The van der Waals surface area contributed by atoms with Crippen LogP contribution in [-0.2, 0) is 16.1 Å². The van der Waals surface area contributed by atoms with Gasteiger partial charge in [-0.1, -0.05) is 54.6 Å². The van der Waals surface area contributed by atoms with Gasteiger partial charge in [-0.15, -0.1) is 0 Å². The van der Waals surface area contributed by atoms with E-state index in [0.717, 1.165) is 32.8 Å². The quantitative estimate of drug-likeness (QED) is 0.287. The van der Waals surface area contributed by atoms with Crippen molar-refractivity contribution < 1.29 is 14.4 Å². The van der Waals surface area contributed by atoms with E-state index in [1.54, 1.807) is 42.1 Å². The highest BCUT2D eigenvalue weighted by atomic mass is 16.2. The number of aromatic nitrogens is 2. The Hall–Kier alpha value is -5.02. The van der Waals surface area contributed by atoms with E-state index in [-0.39, 0.29) is 30.8 Å². The van der Waals surface area contributed by atoms with Gasteiger partial charge in [-0.25, -0.2) is 0 Å². The Bertz CT molecular complexity index is 1830.